The first kappa shape index (κ1) is 30.2. The molecule has 0 aliphatic rings. The maximum absolute atomic E-state index is 14.1. The number of ether oxygens (including phenoxy) is 1. The number of nitrogens with two attached hydrogens (primary N) is 2. The number of nitrogens with one attached hydrogen (secondary N) is 2. The number of aromatic carboxylic acids is 1. The molecule has 0 saturated carbocycles. The zero-order valence-electron chi connectivity index (χ0n) is 23.9. The molecule has 4 aromatic rings. The van der Waals surface area contributed by atoms with E-state index in [1.807, 2.05) is 44.2 Å². The number of carbonyl (C=O) groups excluding carboxylic acids is 2. The second-order valence-electron chi connectivity index (χ2n) is 10.2. The van der Waals surface area contributed by atoms with E-state index in [1.54, 1.807) is 30.5 Å². The smallest absolute Gasteiger partial charge is 0.339 e. The molecule has 0 fully saturated rings. The van der Waals surface area contributed by atoms with Gasteiger partial charge in [-0.25, -0.2) is 9.78 Å². The Labute approximate surface area is 244 Å². The van der Waals surface area contributed by atoms with Gasteiger partial charge in [0, 0.05) is 36.8 Å². The van der Waals surface area contributed by atoms with Crippen molar-refractivity contribution in [2.45, 2.75) is 38.8 Å². The predicted molar refractivity (Wildman–Crippen MR) is 159 cm³/mol. The lowest BCUT2D eigenvalue weighted by Crippen LogP contribution is -2.55. The molecule has 4 rings (SSSR count). The maximum atomic E-state index is 14.1. The number of hydrogen-bond acceptors (Lipinski definition) is 7. The number of aryl methyl sites for hydroxylation is 2. The summed E-state index contributed by atoms with van der Waals surface area (Å²) in [6.07, 6.45) is 2.28. The lowest BCUT2D eigenvalue weighted by atomic mass is 9.86. The minimum absolute atomic E-state index is 0.0104. The van der Waals surface area contributed by atoms with Crippen molar-refractivity contribution in [1.82, 2.24) is 15.3 Å². The molecule has 0 aliphatic heterocycles. The van der Waals surface area contributed by atoms with Crippen LogP contribution in [0, 0.1) is 13.8 Å². The van der Waals surface area contributed by atoms with Crippen molar-refractivity contribution in [2.24, 2.45) is 11.5 Å². The van der Waals surface area contributed by atoms with Gasteiger partial charge in [-0.3, -0.25) is 14.9 Å². The van der Waals surface area contributed by atoms with Crippen LogP contribution in [0.5, 0.6) is 5.75 Å². The van der Waals surface area contributed by atoms with Gasteiger partial charge in [-0.05, 0) is 66.8 Å². The Bertz CT molecular complexity index is 1590. The van der Waals surface area contributed by atoms with E-state index in [-0.39, 0.29) is 36.6 Å². The van der Waals surface area contributed by atoms with Crippen LogP contribution in [0.15, 0.2) is 66.9 Å². The van der Waals surface area contributed by atoms with Crippen LogP contribution in [-0.4, -0.2) is 46.4 Å². The van der Waals surface area contributed by atoms with E-state index in [1.165, 1.54) is 13.2 Å². The molecule has 218 valence electrons. The Morgan fingerprint density at radius 3 is 2.33 bits per heavy atom. The number of hydrogen-bond donors (Lipinski definition) is 5. The molecular weight excluding hydrogens is 534 g/mol. The molecule has 0 saturated heterocycles. The van der Waals surface area contributed by atoms with Gasteiger partial charge in [-0.15, -0.1) is 0 Å². The predicted octanol–water partition coefficient (Wildman–Crippen LogP) is 3.64. The van der Waals surface area contributed by atoms with Gasteiger partial charge < -0.3 is 26.3 Å². The number of rotatable bonds is 13. The number of nitrogens with zero attached hydrogens (tertiary/aromatic N) is 1. The van der Waals surface area contributed by atoms with Crippen molar-refractivity contribution in [3.8, 4) is 17.0 Å². The van der Waals surface area contributed by atoms with E-state index in [0.29, 0.717) is 29.1 Å². The van der Waals surface area contributed by atoms with Crippen molar-refractivity contribution in [3.05, 3.63) is 106 Å². The standard InChI is InChI=1S/C32H35N5O5/c1-19-13-23(29(34)39)14-20(2)24(19)10-12-28(38)32(18-33,31-35-17-26(37-31)22-7-5-4-6-8-22)36-16-21-9-11-27(42-3)25(15-21)30(40)41/h4-9,11,13-15,17,36H,10,12,16,18,33H2,1-3H3,(H2,34,39)(H,35,37)(H,40,41). The van der Waals surface area contributed by atoms with Gasteiger partial charge in [0.05, 0.1) is 12.8 Å². The van der Waals surface area contributed by atoms with Crippen LogP contribution in [0.2, 0.25) is 0 Å². The van der Waals surface area contributed by atoms with Crippen molar-refractivity contribution in [1.29, 1.82) is 0 Å². The molecule has 1 atom stereocenters. The quantitative estimate of drug-likeness (QED) is 0.162. The molecule has 10 heteroatoms. The second kappa shape index (κ2) is 12.8. The molecule has 0 aliphatic carbocycles. The number of carboxylic acids is 1. The van der Waals surface area contributed by atoms with E-state index in [9.17, 15) is 19.5 Å². The highest BCUT2D eigenvalue weighted by atomic mass is 16.5. The first-order chi connectivity index (χ1) is 20.1. The van der Waals surface area contributed by atoms with E-state index in [2.05, 4.69) is 10.3 Å². The van der Waals surface area contributed by atoms with Crippen LogP contribution in [0.4, 0.5) is 0 Å². The third-order valence-corrected chi connectivity index (χ3v) is 7.51. The van der Waals surface area contributed by atoms with Crippen LogP contribution in [0.1, 0.15) is 55.2 Å². The summed E-state index contributed by atoms with van der Waals surface area (Å²) < 4.78 is 5.18. The van der Waals surface area contributed by atoms with Gasteiger partial charge in [0.25, 0.3) is 0 Å². The molecule has 0 bridgehead atoms. The Morgan fingerprint density at radius 1 is 1.05 bits per heavy atom. The second-order valence-corrected chi connectivity index (χ2v) is 10.2. The van der Waals surface area contributed by atoms with Crippen LogP contribution in [0.25, 0.3) is 11.3 Å². The molecule has 10 nitrogen and oxygen atoms in total. The Morgan fingerprint density at radius 2 is 1.74 bits per heavy atom. The summed E-state index contributed by atoms with van der Waals surface area (Å²) in [6.45, 7) is 3.81. The third-order valence-electron chi connectivity index (χ3n) is 7.51. The summed E-state index contributed by atoms with van der Waals surface area (Å²) in [5.41, 5.74) is 15.7. The van der Waals surface area contributed by atoms with Gasteiger partial charge in [-0.1, -0.05) is 36.4 Å². The summed E-state index contributed by atoms with van der Waals surface area (Å²) in [7, 11) is 1.41. The van der Waals surface area contributed by atoms with Crippen molar-refractivity contribution >= 4 is 17.7 Å². The van der Waals surface area contributed by atoms with Crippen LogP contribution in [0.3, 0.4) is 0 Å². The molecule has 1 unspecified atom stereocenters. The maximum Gasteiger partial charge on any atom is 0.339 e. The number of primary amides is 1. The Hall–Kier alpha value is -4.80. The summed E-state index contributed by atoms with van der Waals surface area (Å²) >= 11 is 0. The average molecular weight is 570 g/mol. The Balaban J connectivity index is 1.68. The molecule has 0 spiro atoms. The van der Waals surface area contributed by atoms with Gasteiger partial charge in [0.2, 0.25) is 5.91 Å². The number of benzene rings is 3. The minimum Gasteiger partial charge on any atom is -0.496 e. The first-order valence-electron chi connectivity index (χ1n) is 13.5. The molecule has 0 radical (unpaired) electrons. The van der Waals surface area contributed by atoms with Gasteiger partial charge in [0.15, 0.2) is 5.78 Å². The number of H-pyrrole nitrogens is 1. The number of methoxy groups -OCH3 is 1. The third kappa shape index (κ3) is 6.24. The summed E-state index contributed by atoms with van der Waals surface area (Å²) in [5.74, 6) is -1.23. The highest BCUT2D eigenvalue weighted by Gasteiger charge is 2.41. The van der Waals surface area contributed by atoms with Crippen LogP contribution < -0.4 is 21.5 Å². The SMILES string of the molecule is COc1ccc(CNC(CN)(C(=O)CCc2c(C)cc(C(N)=O)cc2C)c2nc(-c3ccccc3)c[nH]2)cc1C(=O)O. The molecule has 3 aromatic carbocycles. The highest BCUT2D eigenvalue weighted by Crippen LogP contribution is 2.28. The monoisotopic (exact) mass is 569 g/mol. The molecular formula is C32H35N5O5. The van der Waals surface area contributed by atoms with E-state index in [4.69, 9.17) is 21.2 Å². The van der Waals surface area contributed by atoms with Crippen molar-refractivity contribution < 1.29 is 24.2 Å². The number of aromatic amines is 1. The number of carboxylic acid groups (broad SMARTS) is 1. The fraction of sp³-hybridized carbons (Fsp3) is 0.250. The van der Waals surface area contributed by atoms with Crippen molar-refractivity contribution in [3.63, 3.8) is 0 Å². The number of imidazole rings is 1. The fourth-order valence-corrected chi connectivity index (χ4v) is 5.16. The topological polar surface area (TPSA) is 173 Å². The minimum atomic E-state index is -1.40. The van der Waals surface area contributed by atoms with Gasteiger partial charge in [0.1, 0.15) is 22.7 Å². The lowest BCUT2D eigenvalue weighted by molar-refractivity contribution is -0.126. The number of aromatic nitrogens is 2. The summed E-state index contributed by atoms with van der Waals surface area (Å²) in [5, 5.41) is 12.9. The van der Waals surface area contributed by atoms with Crippen LogP contribution in [-0.2, 0) is 23.3 Å². The first-order valence-corrected chi connectivity index (χ1v) is 13.5. The molecule has 42 heavy (non-hydrogen) atoms. The average Bonchev–Trinajstić information content (AvgIpc) is 3.48. The molecule has 1 amide bonds. The molecule has 7 N–H and O–H groups in total. The number of amides is 1. The van der Waals surface area contributed by atoms with E-state index in [0.717, 1.165) is 22.3 Å². The number of carbonyl (C=O) groups is 3. The highest BCUT2D eigenvalue weighted by molar-refractivity contribution is 5.93. The summed E-state index contributed by atoms with van der Waals surface area (Å²) in [6, 6.07) is 17.8. The largest absolute Gasteiger partial charge is 0.496 e. The lowest BCUT2D eigenvalue weighted by Gasteiger charge is -2.31. The molecule has 1 heterocycles. The van der Waals surface area contributed by atoms with Gasteiger partial charge in [-0.2, -0.15) is 0 Å². The van der Waals surface area contributed by atoms with Gasteiger partial charge >= 0.3 is 5.97 Å². The summed E-state index contributed by atoms with van der Waals surface area (Å²) in [4.78, 5) is 45.5. The van der Waals surface area contributed by atoms with Crippen LogP contribution >= 0.6 is 0 Å². The fourth-order valence-electron chi connectivity index (χ4n) is 5.16. The number of Topliss-reactive ketones (excluding diaryl/α,β-unsaturated/α-hetero) is 1. The normalized spacial score (nSPS) is 12.5. The van der Waals surface area contributed by atoms with Crippen molar-refractivity contribution in [2.75, 3.05) is 13.7 Å². The van der Waals surface area contributed by atoms with E-state index >= 15 is 0 Å². The molecule has 1 aromatic heterocycles. The zero-order valence-corrected chi connectivity index (χ0v) is 23.9. The zero-order chi connectivity index (χ0) is 30.4. The Kier molecular flexibility index (Phi) is 9.19. The number of ketones is 1. The van der Waals surface area contributed by atoms with E-state index < -0.39 is 17.4 Å².